The van der Waals surface area contributed by atoms with Gasteiger partial charge in [-0.1, -0.05) is 12.2 Å². The Bertz CT molecular complexity index is 100. The fourth-order valence-corrected chi connectivity index (χ4v) is 0.0791. The topological polar surface area (TPSA) is 22.3 Å². The molecule has 0 saturated carbocycles. The highest BCUT2D eigenvalue weighted by atomic mass is 32.1. The summed E-state index contributed by atoms with van der Waals surface area (Å²) in [6, 6.07) is 0. The van der Waals surface area contributed by atoms with Gasteiger partial charge in [-0.05, 0) is 12.5 Å². The molecule has 0 rings (SSSR count). The third-order valence-corrected chi connectivity index (χ3v) is 0.707. The molecular formula is C4H4NS-. The van der Waals surface area contributed by atoms with Crippen LogP contribution in [0.15, 0.2) is 5.57 Å². The van der Waals surface area contributed by atoms with Crippen LogP contribution in [-0.4, -0.2) is 11.2 Å². The van der Waals surface area contributed by atoms with Crippen molar-refractivity contribution in [1.29, 1.82) is 0 Å². The molecule has 0 N–H and O–H groups in total. The van der Waals surface area contributed by atoms with E-state index >= 15 is 0 Å². The normalized spacial score (nSPS) is 6.17. The van der Waals surface area contributed by atoms with Gasteiger partial charge in [0.2, 0.25) is 0 Å². The molecular weight excluding hydrogens is 94.1 g/mol. The van der Waals surface area contributed by atoms with Crippen molar-refractivity contribution in [2.24, 2.45) is 0 Å². The number of nitrogens with zero attached hydrogens (tertiary/aromatic N) is 1. The van der Waals surface area contributed by atoms with Gasteiger partial charge in [-0.2, -0.15) is 0 Å². The van der Waals surface area contributed by atoms with E-state index in [-0.39, 0.29) is 0 Å². The van der Waals surface area contributed by atoms with Crippen LogP contribution in [0.5, 0.6) is 0 Å². The number of allylic oxidation sites excluding steroid dienone is 1. The van der Waals surface area contributed by atoms with Gasteiger partial charge < -0.3 is 5.41 Å². The molecule has 0 aromatic rings. The van der Waals surface area contributed by atoms with E-state index in [1.54, 1.807) is 6.92 Å². The molecule has 0 spiro atoms. The Morgan fingerprint density at radius 2 is 2.50 bits per heavy atom. The number of thiocarbonyl (C=S) groups is 1. The van der Waals surface area contributed by atoms with Crippen LogP contribution >= 0.6 is 12.2 Å². The average Bonchev–Trinajstić information content (AvgIpc) is 1.65. The van der Waals surface area contributed by atoms with Gasteiger partial charge in [0.05, 0.1) is 0 Å². The summed E-state index contributed by atoms with van der Waals surface area (Å²) in [5.41, 5.74) is 0.588. The second-order valence-corrected chi connectivity index (χ2v) is 1.15. The molecule has 0 fully saturated rings. The number of hydrogen-bond acceptors (Lipinski definition) is 1. The number of rotatable bonds is 1. The molecule has 6 heavy (non-hydrogen) atoms. The molecule has 0 aromatic heterocycles. The van der Waals surface area contributed by atoms with Crippen molar-refractivity contribution in [3.63, 3.8) is 0 Å². The molecule has 0 amide bonds. The lowest BCUT2D eigenvalue weighted by atomic mass is 10.4. The molecule has 0 aliphatic rings. The lowest BCUT2D eigenvalue weighted by Gasteiger charge is -1.77. The monoisotopic (exact) mass is 98.0 g/mol. The fraction of sp³-hybridized carbons (Fsp3) is 0.250. The van der Waals surface area contributed by atoms with Crippen LogP contribution in [0.25, 0.3) is 5.41 Å². The van der Waals surface area contributed by atoms with Crippen molar-refractivity contribution >= 4 is 23.5 Å². The molecule has 0 atom stereocenters. The van der Waals surface area contributed by atoms with E-state index in [1.807, 2.05) is 5.87 Å². The van der Waals surface area contributed by atoms with Crippen LogP contribution < -0.4 is 0 Å². The van der Waals surface area contributed by atoms with Gasteiger partial charge in [-0.15, -0.1) is 0 Å². The molecule has 0 aliphatic carbocycles. The highest BCUT2D eigenvalue weighted by Crippen LogP contribution is 1.73. The summed E-state index contributed by atoms with van der Waals surface area (Å²) in [5, 5.41) is 9.31. The van der Waals surface area contributed by atoms with E-state index in [1.165, 1.54) is 5.37 Å². The Labute approximate surface area is 42.2 Å². The summed E-state index contributed by atoms with van der Waals surface area (Å²) in [6.07, 6.45) is 0. The zero-order chi connectivity index (χ0) is 4.99. The Balaban J connectivity index is 3.86. The van der Waals surface area contributed by atoms with Crippen LogP contribution in [0.3, 0.4) is 0 Å². The molecule has 0 saturated heterocycles. The quantitative estimate of drug-likeness (QED) is 0.274. The van der Waals surface area contributed by atoms with Gasteiger partial charge in [0, 0.05) is 5.37 Å². The van der Waals surface area contributed by atoms with Crippen LogP contribution in [-0.2, 0) is 0 Å². The summed E-state index contributed by atoms with van der Waals surface area (Å²) in [5.74, 6) is 1.87. The van der Waals surface area contributed by atoms with E-state index in [0.29, 0.717) is 5.57 Å². The smallest absolute Gasteiger partial charge is 0.0102 e. The van der Waals surface area contributed by atoms with Gasteiger partial charge in [-0.25, -0.2) is 0 Å². The van der Waals surface area contributed by atoms with E-state index in [0.717, 1.165) is 0 Å². The van der Waals surface area contributed by atoms with Crippen LogP contribution in [0.4, 0.5) is 0 Å². The standard InChI is InChI=1S/C4H4NS/c1-4(2-5)3-6/h3H,1H3/q-1. The van der Waals surface area contributed by atoms with Crippen molar-refractivity contribution in [2.75, 3.05) is 0 Å². The molecule has 0 aliphatic heterocycles. The summed E-state index contributed by atoms with van der Waals surface area (Å²) >= 11 is 4.39. The Morgan fingerprint density at radius 1 is 2.00 bits per heavy atom. The lowest BCUT2D eigenvalue weighted by Crippen LogP contribution is -1.68. The molecule has 1 nitrogen and oxygen atoms in total. The van der Waals surface area contributed by atoms with Crippen molar-refractivity contribution in [3.8, 4) is 0 Å². The third-order valence-electron chi connectivity index (χ3n) is 0.353. The van der Waals surface area contributed by atoms with Gasteiger partial charge >= 0.3 is 0 Å². The molecule has 32 valence electrons. The van der Waals surface area contributed by atoms with Crippen molar-refractivity contribution < 1.29 is 0 Å². The Morgan fingerprint density at radius 3 is 2.50 bits per heavy atom. The van der Waals surface area contributed by atoms with Crippen molar-refractivity contribution in [3.05, 3.63) is 11.0 Å². The van der Waals surface area contributed by atoms with Crippen LogP contribution in [0, 0.1) is 0 Å². The second kappa shape index (κ2) is 2.76. The Hall–Kier alpha value is -0.460. The lowest BCUT2D eigenvalue weighted by molar-refractivity contribution is 1.73. The summed E-state index contributed by atoms with van der Waals surface area (Å²) < 4.78 is 0. The van der Waals surface area contributed by atoms with Crippen molar-refractivity contribution in [2.45, 2.75) is 6.92 Å². The van der Waals surface area contributed by atoms with Gasteiger partial charge in [0.25, 0.3) is 0 Å². The summed E-state index contributed by atoms with van der Waals surface area (Å²) in [7, 11) is 0. The first-order valence-corrected chi connectivity index (χ1v) is 1.97. The minimum atomic E-state index is 0.588. The van der Waals surface area contributed by atoms with Crippen molar-refractivity contribution in [1.82, 2.24) is 0 Å². The maximum absolute atomic E-state index is 7.95. The summed E-state index contributed by atoms with van der Waals surface area (Å²) in [6.45, 7) is 1.67. The van der Waals surface area contributed by atoms with E-state index in [4.69, 9.17) is 5.41 Å². The highest BCUT2D eigenvalue weighted by molar-refractivity contribution is 7.79. The SMILES string of the molecule is CC(=C=[N-])C=S. The minimum Gasteiger partial charge on any atom is -0.763 e. The van der Waals surface area contributed by atoms with E-state index < -0.39 is 0 Å². The average molecular weight is 98.2 g/mol. The van der Waals surface area contributed by atoms with Gasteiger partial charge in [0.1, 0.15) is 0 Å². The first-order valence-electron chi connectivity index (χ1n) is 1.50. The predicted octanol–water partition coefficient (Wildman–Crippen LogP) is 1.17. The summed E-state index contributed by atoms with van der Waals surface area (Å²) in [4.78, 5) is 0. The molecule has 2 heteroatoms. The first kappa shape index (κ1) is 5.54. The van der Waals surface area contributed by atoms with Crippen LogP contribution in [0.1, 0.15) is 6.92 Å². The maximum Gasteiger partial charge on any atom is 0.0102 e. The molecule has 0 heterocycles. The molecule has 0 unspecified atom stereocenters. The predicted molar refractivity (Wildman–Crippen MR) is 31.2 cm³/mol. The zero-order valence-corrected chi connectivity index (χ0v) is 4.25. The first-order chi connectivity index (χ1) is 2.81. The number of hydrogen-bond donors (Lipinski definition) is 0. The van der Waals surface area contributed by atoms with Gasteiger partial charge in [-0.3, -0.25) is 5.87 Å². The third kappa shape index (κ3) is 1.82. The largest absolute Gasteiger partial charge is 0.763 e. The van der Waals surface area contributed by atoms with E-state index in [9.17, 15) is 0 Å². The second-order valence-electron chi connectivity index (χ2n) is 0.913. The molecule has 0 bridgehead atoms. The minimum absolute atomic E-state index is 0.588. The highest BCUT2D eigenvalue weighted by Gasteiger charge is 1.63. The molecule has 0 radical (unpaired) electrons. The van der Waals surface area contributed by atoms with Crippen LogP contribution in [0.2, 0.25) is 0 Å². The maximum atomic E-state index is 7.95. The van der Waals surface area contributed by atoms with Gasteiger partial charge in [0.15, 0.2) is 0 Å². The van der Waals surface area contributed by atoms with E-state index in [2.05, 4.69) is 12.2 Å². The fourth-order valence-electron chi connectivity index (χ4n) is 0.0264. The zero-order valence-electron chi connectivity index (χ0n) is 3.43. The molecule has 0 aromatic carbocycles. The Kier molecular flexibility index (Phi) is 2.55.